The third-order valence-electron chi connectivity index (χ3n) is 4.42. The predicted molar refractivity (Wildman–Crippen MR) is 85.9 cm³/mol. The highest BCUT2D eigenvalue weighted by Crippen LogP contribution is 2.31. The fraction of sp³-hybridized carbons (Fsp3) is 0.389. The number of alkyl halides is 3. The average molecular weight is 352 g/mol. The van der Waals surface area contributed by atoms with Gasteiger partial charge in [0, 0.05) is 12.0 Å². The average Bonchev–Trinajstić information content (AvgIpc) is 3.04. The van der Waals surface area contributed by atoms with Crippen LogP contribution < -0.4 is 10.6 Å². The lowest BCUT2D eigenvalue weighted by Gasteiger charge is -2.24. The first-order valence-corrected chi connectivity index (χ1v) is 8.15. The molecule has 0 saturated carbocycles. The number of amides is 2. The van der Waals surface area contributed by atoms with Crippen LogP contribution in [0.1, 0.15) is 54.3 Å². The molecule has 0 fully saturated rings. The molecule has 1 aliphatic carbocycles. The number of carbonyl (C=O) groups excluding carboxylic acids is 1. The molecule has 1 aromatic heterocycles. The molecule has 0 saturated heterocycles. The summed E-state index contributed by atoms with van der Waals surface area (Å²) < 4.78 is 43.8. The number of nitrogens with one attached hydrogen (secondary N) is 2. The number of hydrogen-bond donors (Lipinski definition) is 2. The summed E-state index contributed by atoms with van der Waals surface area (Å²) in [4.78, 5) is 12.2. The second-order valence-corrected chi connectivity index (χ2v) is 6.21. The molecule has 25 heavy (non-hydrogen) atoms. The summed E-state index contributed by atoms with van der Waals surface area (Å²) in [6, 6.07) is 5.71. The van der Waals surface area contributed by atoms with E-state index in [1.54, 1.807) is 19.3 Å². The summed E-state index contributed by atoms with van der Waals surface area (Å²) in [5.74, 6) is 0.877. The Morgan fingerprint density at radius 3 is 2.88 bits per heavy atom. The van der Waals surface area contributed by atoms with E-state index in [0.29, 0.717) is 5.56 Å². The van der Waals surface area contributed by atoms with Crippen LogP contribution in [-0.4, -0.2) is 6.03 Å². The Bertz CT molecular complexity index is 755. The van der Waals surface area contributed by atoms with Crippen LogP contribution in [0.3, 0.4) is 0 Å². The summed E-state index contributed by atoms with van der Waals surface area (Å²) in [5, 5.41) is 5.57. The second-order valence-electron chi connectivity index (χ2n) is 6.21. The number of carbonyl (C=O) groups is 1. The van der Waals surface area contributed by atoms with E-state index < -0.39 is 23.8 Å². The first-order valence-electron chi connectivity index (χ1n) is 8.15. The lowest BCUT2D eigenvalue weighted by Crippen LogP contribution is -2.40. The van der Waals surface area contributed by atoms with Gasteiger partial charge in [0.05, 0.1) is 23.9 Å². The lowest BCUT2D eigenvalue weighted by atomic mass is 9.93. The van der Waals surface area contributed by atoms with Gasteiger partial charge < -0.3 is 15.1 Å². The van der Waals surface area contributed by atoms with Crippen molar-refractivity contribution in [1.29, 1.82) is 0 Å². The van der Waals surface area contributed by atoms with E-state index >= 15 is 0 Å². The molecule has 2 aromatic rings. The molecule has 134 valence electrons. The molecule has 0 bridgehead atoms. The van der Waals surface area contributed by atoms with E-state index in [-0.39, 0.29) is 6.04 Å². The topological polar surface area (TPSA) is 54.3 Å². The molecule has 3 rings (SSSR count). The zero-order chi connectivity index (χ0) is 18.0. The van der Waals surface area contributed by atoms with Crippen LogP contribution in [0.5, 0.6) is 0 Å². The molecular formula is C18H19F3N2O2. The summed E-state index contributed by atoms with van der Waals surface area (Å²) >= 11 is 0. The number of fused-ring (bicyclic) bond motifs is 1. The zero-order valence-electron chi connectivity index (χ0n) is 13.7. The van der Waals surface area contributed by atoms with Crippen LogP contribution in [0.15, 0.2) is 41.0 Å². The molecule has 2 N–H and O–H groups in total. The Morgan fingerprint density at radius 1 is 1.32 bits per heavy atom. The highest BCUT2D eigenvalue weighted by Gasteiger charge is 2.31. The van der Waals surface area contributed by atoms with Gasteiger partial charge in [0.2, 0.25) is 0 Å². The molecular weight excluding hydrogens is 333 g/mol. The summed E-state index contributed by atoms with van der Waals surface area (Å²) in [7, 11) is 0. The van der Waals surface area contributed by atoms with Crippen molar-refractivity contribution in [3.63, 3.8) is 0 Å². The maximum atomic E-state index is 12.8. The van der Waals surface area contributed by atoms with Gasteiger partial charge in [0.1, 0.15) is 5.76 Å². The molecule has 0 spiro atoms. The van der Waals surface area contributed by atoms with Crippen LogP contribution in [0.4, 0.5) is 18.0 Å². The van der Waals surface area contributed by atoms with Crippen LogP contribution in [-0.2, 0) is 12.6 Å². The molecule has 7 heteroatoms. The maximum Gasteiger partial charge on any atom is 0.416 e. The Balaban J connectivity index is 1.64. The molecule has 1 aliphatic rings. The number of benzene rings is 1. The third-order valence-corrected chi connectivity index (χ3v) is 4.42. The van der Waals surface area contributed by atoms with E-state index in [0.717, 1.165) is 42.7 Å². The first-order chi connectivity index (χ1) is 11.8. The lowest BCUT2D eigenvalue weighted by molar-refractivity contribution is -0.137. The summed E-state index contributed by atoms with van der Waals surface area (Å²) in [6.45, 7) is 1.65. The quantitative estimate of drug-likeness (QED) is 0.839. The molecule has 2 unspecified atom stereocenters. The predicted octanol–water partition coefficient (Wildman–Crippen LogP) is 4.74. The van der Waals surface area contributed by atoms with Crippen LogP contribution in [0, 0.1) is 0 Å². The van der Waals surface area contributed by atoms with E-state index in [2.05, 4.69) is 10.6 Å². The number of rotatable bonds is 3. The van der Waals surface area contributed by atoms with E-state index in [1.807, 2.05) is 6.07 Å². The van der Waals surface area contributed by atoms with Crippen LogP contribution in [0.2, 0.25) is 0 Å². The fourth-order valence-electron chi connectivity index (χ4n) is 3.10. The standard InChI is InChI=1S/C18H19F3N2O2/c1-11(12-4-2-5-13(10-12)18(19,20)21)22-17(24)23-15-6-3-7-16-14(15)8-9-25-16/h2,4-5,8-11,15H,3,6-7H2,1H3,(H2,22,23,24). The molecule has 1 heterocycles. The van der Waals surface area contributed by atoms with Gasteiger partial charge in [-0.1, -0.05) is 12.1 Å². The SMILES string of the molecule is CC(NC(=O)NC1CCCc2occc21)c1cccc(C(F)(F)F)c1. The van der Waals surface area contributed by atoms with Gasteiger partial charge in [-0.05, 0) is 43.5 Å². The number of furan rings is 1. The Kier molecular flexibility index (Phi) is 4.74. The monoisotopic (exact) mass is 352 g/mol. The van der Waals surface area contributed by atoms with E-state index in [4.69, 9.17) is 4.42 Å². The third kappa shape index (κ3) is 3.97. The van der Waals surface area contributed by atoms with Gasteiger partial charge >= 0.3 is 12.2 Å². The van der Waals surface area contributed by atoms with E-state index in [9.17, 15) is 18.0 Å². The molecule has 0 aliphatic heterocycles. The van der Waals surface area contributed by atoms with Gasteiger partial charge in [0.25, 0.3) is 0 Å². The largest absolute Gasteiger partial charge is 0.469 e. The first kappa shape index (κ1) is 17.4. The Labute approximate surface area is 143 Å². The van der Waals surface area contributed by atoms with Gasteiger partial charge in [0.15, 0.2) is 0 Å². The van der Waals surface area contributed by atoms with E-state index in [1.165, 1.54) is 6.07 Å². The van der Waals surface area contributed by atoms with Crippen LogP contribution >= 0.6 is 0 Å². The van der Waals surface area contributed by atoms with Crippen molar-refractivity contribution in [1.82, 2.24) is 10.6 Å². The van der Waals surface area contributed by atoms with Crippen molar-refractivity contribution >= 4 is 6.03 Å². The molecule has 1 aromatic carbocycles. The number of urea groups is 1. The Morgan fingerprint density at radius 2 is 2.12 bits per heavy atom. The molecule has 2 amide bonds. The zero-order valence-corrected chi connectivity index (χ0v) is 13.7. The minimum Gasteiger partial charge on any atom is -0.469 e. The minimum absolute atomic E-state index is 0.142. The van der Waals surface area contributed by atoms with Crippen molar-refractivity contribution in [2.75, 3.05) is 0 Å². The Hall–Kier alpha value is -2.44. The van der Waals surface area contributed by atoms with Crippen molar-refractivity contribution in [3.05, 3.63) is 59.0 Å². The highest BCUT2D eigenvalue weighted by atomic mass is 19.4. The second kappa shape index (κ2) is 6.82. The number of hydrogen-bond acceptors (Lipinski definition) is 2. The van der Waals surface area contributed by atoms with Crippen molar-refractivity contribution < 1.29 is 22.4 Å². The van der Waals surface area contributed by atoms with Gasteiger partial charge in [-0.25, -0.2) is 4.79 Å². The molecule has 0 radical (unpaired) electrons. The minimum atomic E-state index is -4.40. The van der Waals surface area contributed by atoms with Gasteiger partial charge in [-0.15, -0.1) is 0 Å². The molecule has 4 nitrogen and oxygen atoms in total. The fourth-order valence-corrected chi connectivity index (χ4v) is 3.10. The van der Waals surface area contributed by atoms with Crippen LogP contribution in [0.25, 0.3) is 0 Å². The normalized spacial score (nSPS) is 18.3. The van der Waals surface area contributed by atoms with Gasteiger partial charge in [-0.2, -0.15) is 13.2 Å². The maximum absolute atomic E-state index is 12.8. The molecule has 2 atom stereocenters. The summed E-state index contributed by atoms with van der Waals surface area (Å²) in [5.41, 5.74) is 0.639. The smallest absolute Gasteiger partial charge is 0.416 e. The number of halogens is 3. The highest BCUT2D eigenvalue weighted by molar-refractivity contribution is 5.75. The number of aryl methyl sites for hydroxylation is 1. The van der Waals surface area contributed by atoms with Gasteiger partial charge in [-0.3, -0.25) is 0 Å². The van der Waals surface area contributed by atoms with Crippen molar-refractivity contribution in [3.8, 4) is 0 Å². The van der Waals surface area contributed by atoms with Crippen molar-refractivity contribution in [2.24, 2.45) is 0 Å². The van der Waals surface area contributed by atoms with Crippen molar-refractivity contribution in [2.45, 2.75) is 44.4 Å². The summed E-state index contributed by atoms with van der Waals surface area (Å²) in [6.07, 6.45) is -0.235.